The van der Waals surface area contributed by atoms with E-state index < -0.39 is 0 Å². The van der Waals surface area contributed by atoms with Gasteiger partial charge in [0.25, 0.3) is 0 Å². The van der Waals surface area contributed by atoms with E-state index in [4.69, 9.17) is 14.2 Å². The summed E-state index contributed by atoms with van der Waals surface area (Å²) in [7, 11) is 0. The fourth-order valence-electron chi connectivity index (χ4n) is 1.05. The van der Waals surface area contributed by atoms with Crippen LogP contribution < -0.4 is 0 Å². The predicted molar refractivity (Wildman–Crippen MR) is 43.7 cm³/mol. The maximum Gasteiger partial charge on any atom is 0.219 e. The first-order chi connectivity index (χ1) is 6.31. The monoisotopic (exact) mass is 174 g/mol. The van der Waals surface area contributed by atoms with Crippen LogP contribution in [0.15, 0.2) is 27.3 Å². The van der Waals surface area contributed by atoms with Gasteiger partial charge in [0.1, 0.15) is 17.4 Å². The number of rotatable bonds is 1. The Morgan fingerprint density at radius 3 is 2.92 bits per heavy atom. The largest absolute Gasteiger partial charge is 0.458 e. The van der Waals surface area contributed by atoms with Crippen molar-refractivity contribution in [1.29, 1.82) is 5.26 Å². The number of nitrogens with zero attached hydrogens (tertiary/aromatic N) is 2. The summed E-state index contributed by atoms with van der Waals surface area (Å²) in [4.78, 5) is 0. The zero-order valence-corrected chi connectivity index (χ0v) is 6.94. The van der Waals surface area contributed by atoms with Gasteiger partial charge in [0.05, 0.1) is 6.20 Å². The topological polar surface area (TPSA) is 63.0 Å². The van der Waals surface area contributed by atoms with E-state index in [1.165, 1.54) is 6.20 Å². The highest BCUT2D eigenvalue weighted by molar-refractivity contribution is 5.58. The highest BCUT2D eigenvalue weighted by atomic mass is 16.5. The summed E-state index contributed by atoms with van der Waals surface area (Å²) in [6.45, 7) is 1.83. The van der Waals surface area contributed by atoms with Crippen LogP contribution in [0.1, 0.15) is 11.3 Å². The molecule has 0 atom stereocenters. The first-order valence-corrected chi connectivity index (χ1v) is 3.73. The van der Waals surface area contributed by atoms with Crippen molar-refractivity contribution in [2.75, 3.05) is 0 Å². The molecule has 13 heavy (non-hydrogen) atoms. The molecule has 0 radical (unpaired) electrons. The van der Waals surface area contributed by atoms with Crippen LogP contribution in [0.25, 0.3) is 11.5 Å². The molecule has 0 bridgehead atoms. The van der Waals surface area contributed by atoms with Gasteiger partial charge in [0.2, 0.25) is 5.76 Å². The molecule has 2 heterocycles. The molecule has 4 heteroatoms. The lowest BCUT2D eigenvalue weighted by molar-refractivity contribution is 0.415. The van der Waals surface area contributed by atoms with Gasteiger partial charge in [0.15, 0.2) is 5.76 Å². The molecule has 0 saturated carbocycles. The second kappa shape index (κ2) is 2.79. The molecule has 0 aliphatic heterocycles. The zero-order valence-electron chi connectivity index (χ0n) is 6.94. The third-order valence-electron chi connectivity index (χ3n) is 1.66. The molecular formula is C9H6N2O2. The Hall–Kier alpha value is -2.02. The summed E-state index contributed by atoms with van der Waals surface area (Å²) in [5.41, 5.74) is 0.384. The standard InChI is InChI=1S/C9H6N2O2/c1-6-2-3-8(12-6)9-7(4-10)5-11-13-9/h2-3,5H,1H3. The molecule has 2 rings (SSSR count). The minimum absolute atomic E-state index is 0.384. The Bertz CT molecular complexity index is 462. The Kier molecular flexibility index (Phi) is 1.64. The Labute approximate surface area is 74.4 Å². The van der Waals surface area contributed by atoms with Crippen LogP contribution in [-0.2, 0) is 0 Å². The fraction of sp³-hybridized carbons (Fsp3) is 0.111. The fourth-order valence-corrected chi connectivity index (χ4v) is 1.05. The van der Waals surface area contributed by atoms with Crippen LogP contribution in [-0.4, -0.2) is 5.16 Å². The molecule has 0 aliphatic rings. The van der Waals surface area contributed by atoms with Crippen molar-refractivity contribution >= 4 is 0 Å². The van der Waals surface area contributed by atoms with Crippen LogP contribution in [0.5, 0.6) is 0 Å². The number of hydrogen-bond donors (Lipinski definition) is 0. The van der Waals surface area contributed by atoms with Gasteiger partial charge in [-0.15, -0.1) is 0 Å². The molecular weight excluding hydrogens is 168 g/mol. The minimum atomic E-state index is 0.384. The highest BCUT2D eigenvalue weighted by Gasteiger charge is 2.13. The maximum atomic E-state index is 8.68. The Balaban J connectivity index is 2.53. The molecule has 0 fully saturated rings. The van der Waals surface area contributed by atoms with E-state index in [1.54, 1.807) is 12.1 Å². The lowest BCUT2D eigenvalue weighted by Gasteiger charge is -1.87. The minimum Gasteiger partial charge on any atom is -0.458 e. The molecule has 2 aromatic rings. The van der Waals surface area contributed by atoms with Crippen LogP contribution in [0.3, 0.4) is 0 Å². The van der Waals surface area contributed by atoms with E-state index in [2.05, 4.69) is 5.16 Å². The normalized spacial score (nSPS) is 9.85. The maximum absolute atomic E-state index is 8.68. The summed E-state index contributed by atoms with van der Waals surface area (Å²) < 4.78 is 10.2. The smallest absolute Gasteiger partial charge is 0.219 e. The van der Waals surface area contributed by atoms with Crippen molar-refractivity contribution in [2.45, 2.75) is 6.92 Å². The highest BCUT2D eigenvalue weighted by Crippen LogP contribution is 2.24. The molecule has 0 amide bonds. The SMILES string of the molecule is Cc1ccc(-c2oncc2C#N)o1. The third-order valence-corrected chi connectivity index (χ3v) is 1.66. The predicted octanol–water partition coefficient (Wildman–Crippen LogP) is 2.11. The van der Waals surface area contributed by atoms with Crippen LogP contribution in [0.4, 0.5) is 0 Å². The van der Waals surface area contributed by atoms with E-state index in [-0.39, 0.29) is 0 Å². The van der Waals surface area contributed by atoms with Crippen molar-refractivity contribution in [3.05, 3.63) is 29.7 Å². The Morgan fingerprint density at radius 2 is 2.31 bits per heavy atom. The van der Waals surface area contributed by atoms with Crippen molar-refractivity contribution in [3.63, 3.8) is 0 Å². The summed E-state index contributed by atoms with van der Waals surface area (Å²) in [6, 6.07) is 5.52. The van der Waals surface area contributed by atoms with Gasteiger partial charge in [-0.3, -0.25) is 0 Å². The molecule has 0 unspecified atom stereocenters. The lowest BCUT2D eigenvalue weighted by Crippen LogP contribution is -1.73. The van der Waals surface area contributed by atoms with E-state index in [0.29, 0.717) is 17.1 Å². The zero-order chi connectivity index (χ0) is 9.26. The van der Waals surface area contributed by atoms with Gasteiger partial charge in [-0.25, -0.2) is 0 Å². The number of hydrogen-bond acceptors (Lipinski definition) is 4. The molecule has 0 aromatic carbocycles. The number of furan rings is 1. The van der Waals surface area contributed by atoms with Crippen LogP contribution in [0, 0.1) is 18.3 Å². The van der Waals surface area contributed by atoms with Gasteiger partial charge in [-0.1, -0.05) is 5.16 Å². The quantitative estimate of drug-likeness (QED) is 0.664. The summed E-state index contributed by atoms with van der Waals surface area (Å²) in [6.07, 6.45) is 1.37. The van der Waals surface area contributed by atoms with E-state index in [0.717, 1.165) is 5.76 Å². The molecule has 2 aromatic heterocycles. The average molecular weight is 174 g/mol. The number of aromatic nitrogens is 1. The number of nitriles is 1. The molecule has 0 N–H and O–H groups in total. The van der Waals surface area contributed by atoms with E-state index >= 15 is 0 Å². The molecule has 0 saturated heterocycles. The van der Waals surface area contributed by atoms with Crippen LogP contribution >= 0.6 is 0 Å². The van der Waals surface area contributed by atoms with Crippen LogP contribution in [0.2, 0.25) is 0 Å². The van der Waals surface area contributed by atoms with Crippen molar-refractivity contribution in [1.82, 2.24) is 5.16 Å². The van der Waals surface area contributed by atoms with Crippen molar-refractivity contribution < 1.29 is 8.94 Å². The lowest BCUT2D eigenvalue weighted by atomic mass is 10.2. The Morgan fingerprint density at radius 1 is 1.46 bits per heavy atom. The van der Waals surface area contributed by atoms with Gasteiger partial charge >= 0.3 is 0 Å². The average Bonchev–Trinajstić information content (AvgIpc) is 2.71. The van der Waals surface area contributed by atoms with Crippen molar-refractivity contribution in [3.8, 4) is 17.6 Å². The molecule has 4 nitrogen and oxygen atoms in total. The van der Waals surface area contributed by atoms with Gasteiger partial charge in [-0.2, -0.15) is 5.26 Å². The van der Waals surface area contributed by atoms with Gasteiger partial charge < -0.3 is 8.94 Å². The van der Waals surface area contributed by atoms with Gasteiger partial charge in [-0.05, 0) is 19.1 Å². The number of aryl methyl sites for hydroxylation is 1. The van der Waals surface area contributed by atoms with Crippen molar-refractivity contribution in [2.24, 2.45) is 0 Å². The molecule has 0 aliphatic carbocycles. The summed E-state index contributed by atoms with van der Waals surface area (Å²) >= 11 is 0. The summed E-state index contributed by atoms with van der Waals surface area (Å²) in [5, 5.41) is 12.2. The van der Waals surface area contributed by atoms with Gasteiger partial charge in [0, 0.05) is 0 Å². The first kappa shape index (κ1) is 7.62. The third kappa shape index (κ3) is 1.20. The van der Waals surface area contributed by atoms with E-state index in [9.17, 15) is 0 Å². The molecule has 0 spiro atoms. The summed E-state index contributed by atoms with van der Waals surface area (Å²) in [5.74, 6) is 1.69. The second-order valence-electron chi connectivity index (χ2n) is 2.59. The second-order valence-corrected chi connectivity index (χ2v) is 2.59. The first-order valence-electron chi connectivity index (χ1n) is 3.73. The van der Waals surface area contributed by atoms with E-state index in [1.807, 2.05) is 13.0 Å². The molecule has 64 valence electrons.